The van der Waals surface area contributed by atoms with Gasteiger partial charge in [-0.3, -0.25) is 0 Å². The smallest absolute Gasteiger partial charge is 0.135 e. The number of aryl methyl sites for hydroxylation is 2. The van der Waals surface area contributed by atoms with E-state index in [9.17, 15) is 0 Å². The Morgan fingerprint density at radius 3 is 2.74 bits per heavy atom. The summed E-state index contributed by atoms with van der Waals surface area (Å²) >= 11 is 1.83. The number of benzene rings is 1. The van der Waals surface area contributed by atoms with Gasteiger partial charge in [0.2, 0.25) is 0 Å². The van der Waals surface area contributed by atoms with Crippen molar-refractivity contribution in [2.45, 2.75) is 32.4 Å². The molecule has 2 atom stereocenters. The Morgan fingerprint density at radius 2 is 2.05 bits per heavy atom. The van der Waals surface area contributed by atoms with Crippen LogP contribution in [0.1, 0.15) is 39.4 Å². The fraction of sp³-hybridized carbons (Fsp3) is 0.375. The molecule has 2 unspecified atom stereocenters. The van der Waals surface area contributed by atoms with Crippen LogP contribution in [0.4, 0.5) is 0 Å². The van der Waals surface area contributed by atoms with Gasteiger partial charge in [-0.05, 0) is 39.1 Å². The first-order valence-corrected chi connectivity index (χ1v) is 7.50. The summed E-state index contributed by atoms with van der Waals surface area (Å²) in [6, 6.07) is 11.2. The van der Waals surface area contributed by atoms with Crippen molar-refractivity contribution in [2.75, 3.05) is 7.05 Å². The third-order valence-electron chi connectivity index (χ3n) is 3.69. The Bertz CT molecular complexity index is 590. The Labute approximate surface area is 118 Å². The average Bonchev–Trinajstić information content (AvgIpc) is 2.84. The zero-order valence-corrected chi connectivity index (χ0v) is 12.4. The van der Waals surface area contributed by atoms with Crippen molar-refractivity contribution in [3.8, 4) is 5.75 Å². The molecule has 1 aromatic heterocycles. The maximum absolute atomic E-state index is 6.19. The van der Waals surface area contributed by atoms with Gasteiger partial charge in [0.25, 0.3) is 0 Å². The van der Waals surface area contributed by atoms with E-state index in [1.54, 1.807) is 0 Å². The van der Waals surface area contributed by atoms with Crippen LogP contribution in [0.5, 0.6) is 5.75 Å². The number of nitrogens with one attached hydrogen (secondary N) is 1. The molecule has 1 N–H and O–H groups in total. The molecule has 1 aromatic carbocycles. The summed E-state index contributed by atoms with van der Waals surface area (Å²) in [6.45, 7) is 4.27. The van der Waals surface area contributed by atoms with Gasteiger partial charge in [-0.15, -0.1) is 11.3 Å². The van der Waals surface area contributed by atoms with E-state index in [1.807, 2.05) is 18.4 Å². The van der Waals surface area contributed by atoms with Crippen molar-refractivity contribution in [3.63, 3.8) is 0 Å². The third-order valence-corrected chi connectivity index (χ3v) is 4.78. The summed E-state index contributed by atoms with van der Waals surface area (Å²) in [6.07, 6.45) is 1.17. The molecule has 0 saturated carbocycles. The first-order chi connectivity index (χ1) is 9.17. The van der Waals surface area contributed by atoms with Gasteiger partial charge in [-0.2, -0.15) is 0 Å². The van der Waals surface area contributed by atoms with Crippen LogP contribution in [0.3, 0.4) is 0 Å². The predicted molar refractivity (Wildman–Crippen MR) is 80.0 cm³/mol. The largest absolute Gasteiger partial charge is 0.484 e. The number of hydrogen-bond acceptors (Lipinski definition) is 3. The molecular formula is C16H19NOS. The Kier molecular flexibility index (Phi) is 3.33. The maximum Gasteiger partial charge on any atom is 0.135 e. The first kappa shape index (κ1) is 12.7. The number of thiophene rings is 1. The number of rotatable bonds is 2. The normalized spacial score (nSPS) is 21.8. The molecule has 0 bridgehead atoms. The highest BCUT2D eigenvalue weighted by Crippen LogP contribution is 2.42. The Hall–Kier alpha value is -1.32. The molecule has 100 valence electrons. The summed E-state index contributed by atoms with van der Waals surface area (Å²) < 4.78 is 6.19. The van der Waals surface area contributed by atoms with Gasteiger partial charge in [-0.25, -0.2) is 0 Å². The highest BCUT2D eigenvalue weighted by atomic mass is 32.1. The monoisotopic (exact) mass is 273 g/mol. The van der Waals surface area contributed by atoms with E-state index in [1.165, 1.54) is 20.9 Å². The molecule has 0 amide bonds. The highest BCUT2D eigenvalue weighted by Gasteiger charge is 2.29. The maximum atomic E-state index is 6.19. The summed E-state index contributed by atoms with van der Waals surface area (Å²) in [4.78, 5) is 2.67. The van der Waals surface area contributed by atoms with Crippen LogP contribution >= 0.6 is 11.3 Å². The Morgan fingerprint density at radius 1 is 1.21 bits per heavy atom. The van der Waals surface area contributed by atoms with Gasteiger partial charge < -0.3 is 10.1 Å². The van der Waals surface area contributed by atoms with E-state index >= 15 is 0 Å². The zero-order valence-electron chi connectivity index (χ0n) is 11.6. The lowest BCUT2D eigenvalue weighted by atomic mass is 9.94. The topological polar surface area (TPSA) is 21.3 Å². The molecular weight excluding hydrogens is 254 g/mol. The van der Waals surface area contributed by atoms with Gasteiger partial charge in [0, 0.05) is 27.8 Å². The first-order valence-electron chi connectivity index (χ1n) is 6.68. The molecule has 0 saturated heterocycles. The fourth-order valence-electron chi connectivity index (χ4n) is 2.66. The minimum Gasteiger partial charge on any atom is -0.484 e. The number of ether oxygens (including phenoxy) is 1. The van der Waals surface area contributed by atoms with E-state index in [0.29, 0.717) is 6.04 Å². The lowest BCUT2D eigenvalue weighted by Gasteiger charge is -2.32. The summed E-state index contributed by atoms with van der Waals surface area (Å²) in [5.41, 5.74) is 2.57. The zero-order chi connectivity index (χ0) is 13.4. The molecule has 3 rings (SSSR count). The van der Waals surface area contributed by atoms with Crippen molar-refractivity contribution in [1.82, 2.24) is 5.32 Å². The van der Waals surface area contributed by atoms with E-state index in [2.05, 4.69) is 49.5 Å². The second kappa shape index (κ2) is 4.99. The van der Waals surface area contributed by atoms with Crippen molar-refractivity contribution in [1.29, 1.82) is 0 Å². The summed E-state index contributed by atoms with van der Waals surface area (Å²) in [5.74, 6) is 1.02. The van der Waals surface area contributed by atoms with Gasteiger partial charge in [0.15, 0.2) is 0 Å². The van der Waals surface area contributed by atoms with Crippen LogP contribution in [-0.4, -0.2) is 7.05 Å². The molecule has 0 fully saturated rings. The molecule has 2 heterocycles. The minimum absolute atomic E-state index is 0.173. The summed E-state index contributed by atoms with van der Waals surface area (Å²) in [7, 11) is 2.03. The van der Waals surface area contributed by atoms with Crippen molar-refractivity contribution in [3.05, 3.63) is 51.2 Å². The van der Waals surface area contributed by atoms with E-state index in [-0.39, 0.29) is 6.10 Å². The van der Waals surface area contributed by atoms with Crippen molar-refractivity contribution < 1.29 is 4.74 Å². The van der Waals surface area contributed by atoms with Gasteiger partial charge >= 0.3 is 0 Å². The fourth-order valence-corrected chi connectivity index (χ4v) is 3.58. The second-order valence-corrected chi connectivity index (χ2v) is 6.49. The van der Waals surface area contributed by atoms with E-state index < -0.39 is 0 Å². The average molecular weight is 273 g/mol. The van der Waals surface area contributed by atoms with Crippen LogP contribution in [0.2, 0.25) is 0 Å². The standard InChI is InChI=1S/C16H19NOS/c1-10-4-6-14-12(8-10)13(17-3)9-15(18-14)16-7-5-11(2)19-16/h4-8,13,15,17H,9H2,1-3H3. The molecule has 3 heteroatoms. The van der Waals surface area contributed by atoms with E-state index in [4.69, 9.17) is 4.74 Å². The number of hydrogen-bond donors (Lipinski definition) is 1. The van der Waals surface area contributed by atoms with Gasteiger partial charge in [-0.1, -0.05) is 17.7 Å². The molecule has 19 heavy (non-hydrogen) atoms. The molecule has 2 nitrogen and oxygen atoms in total. The van der Waals surface area contributed by atoms with Gasteiger partial charge in [0.1, 0.15) is 11.9 Å². The minimum atomic E-state index is 0.173. The van der Waals surface area contributed by atoms with Crippen molar-refractivity contribution >= 4 is 11.3 Å². The molecule has 0 radical (unpaired) electrons. The highest BCUT2D eigenvalue weighted by molar-refractivity contribution is 7.12. The molecule has 0 spiro atoms. The Balaban J connectivity index is 1.95. The molecule has 0 aliphatic carbocycles. The van der Waals surface area contributed by atoms with Gasteiger partial charge in [0.05, 0.1) is 0 Å². The van der Waals surface area contributed by atoms with Crippen LogP contribution in [0, 0.1) is 13.8 Å². The second-order valence-electron chi connectivity index (χ2n) is 5.17. The molecule has 1 aliphatic heterocycles. The quantitative estimate of drug-likeness (QED) is 0.887. The van der Waals surface area contributed by atoms with Crippen LogP contribution in [0.15, 0.2) is 30.3 Å². The third kappa shape index (κ3) is 2.40. The van der Waals surface area contributed by atoms with Crippen LogP contribution in [-0.2, 0) is 0 Å². The SMILES string of the molecule is CNC1CC(c2ccc(C)s2)Oc2ccc(C)cc21. The van der Waals surface area contributed by atoms with Crippen LogP contribution < -0.4 is 10.1 Å². The lowest BCUT2D eigenvalue weighted by molar-refractivity contribution is 0.157. The summed E-state index contributed by atoms with van der Waals surface area (Å²) in [5, 5.41) is 3.42. The van der Waals surface area contributed by atoms with E-state index in [0.717, 1.165) is 12.2 Å². The number of fused-ring (bicyclic) bond motifs is 1. The molecule has 1 aliphatic rings. The lowest BCUT2D eigenvalue weighted by Crippen LogP contribution is -2.26. The predicted octanol–water partition coefficient (Wildman–Crippen LogP) is 4.15. The van der Waals surface area contributed by atoms with Crippen LogP contribution in [0.25, 0.3) is 0 Å². The van der Waals surface area contributed by atoms with Crippen molar-refractivity contribution in [2.24, 2.45) is 0 Å². The molecule has 2 aromatic rings.